The van der Waals surface area contributed by atoms with Crippen LogP contribution >= 0.6 is 36.7 Å². The first-order valence-corrected chi connectivity index (χ1v) is 11.3. The van der Waals surface area contributed by atoms with Crippen LogP contribution in [-0.2, 0) is 0 Å². The standard InChI is InChI=1S/C11H25Br2P/c1-9(2)14(13,8-7-12,10(3)4)11(5)6/h9-11H,7-8H2,1-6H3. The molecule has 0 rings (SSSR count). The van der Waals surface area contributed by atoms with Crippen molar-refractivity contribution >= 4 is 36.7 Å². The summed E-state index contributed by atoms with van der Waals surface area (Å²) in [5.41, 5.74) is 2.29. The average Bonchev–Trinajstić information content (AvgIpc) is 2.03. The van der Waals surface area contributed by atoms with Gasteiger partial charge < -0.3 is 0 Å². The predicted molar refractivity (Wildman–Crippen MR) is 79.9 cm³/mol. The Morgan fingerprint density at radius 3 is 1.21 bits per heavy atom. The zero-order valence-corrected chi connectivity index (χ0v) is 14.4. The van der Waals surface area contributed by atoms with E-state index in [9.17, 15) is 0 Å². The monoisotopic (exact) mass is 346 g/mol. The molecule has 0 amide bonds. The maximum atomic E-state index is 4.25. The maximum absolute atomic E-state index is 4.25. The fourth-order valence-corrected chi connectivity index (χ4v) is 12.6. The molecule has 3 heteroatoms. The molecule has 14 heavy (non-hydrogen) atoms. The van der Waals surface area contributed by atoms with Crippen LogP contribution in [0.4, 0.5) is 0 Å². The van der Waals surface area contributed by atoms with Gasteiger partial charge in [-0.05, 0) is 0 Å². The summed E-state index contributed by atoms with van der Waals surface area (Å²) in [6.07, 6.45) is 1.30. The molecule has 0 nitrogen and oxygen atoms in total. The first-order valence-electron chi connectivity index (χ1n) is 5.49. The third kappa shape index (κ3) is 2.23. The molecule has 0 aromatic heterocycles. The van der Waals surface area contributed by atoms with Gasteiger partial charge in [0.15, 0.2) is 0 Å². The second-order valence-corrected chi connectivity index (χ2v) is 17.4. The van der Waals surface area contributed by atoms with Gasteiger partial charge in [-0.3, -0.25) is 0 Å². The topological polar surface area (TPSA) is 0 Å². The van der Waals surface area contributed by atoms with Gasteiger partial charge in [0, 0.05) is 0 Å². The Morgan fingerprint density at radius 1 is 0.857 bits per heavy atom. The molecule has 0 spiro atoms. The van der Waals surface area contributed by atoms with Crippen molar-refractivity contribution in [3.8, 4) is 0 Å². The first kappa shape index (κ1) is 15.4. The number of halogens is 2. The summed E-state index contributed by atoms with van der Waals surface area (Å²) in [7, 11) is 0. The van der Waals surface area contributed by atoms with Gasteiger partial charge in [-0.15, -0.1) is 0 Å². The molecule has 0 heterocycles. The molecule has 0 saturated carbocycles. The summed E-state index contributed by atoms with van der Waals surface area (Å²) >= 11 is 7.87. The third-order valence-electron chi connectivity index (χ3n) is 4.03. The van der Waals surface area contributed by atoms with Crippen LogP contribution in [0.2, 0.25) is 0 Å². The molecule has 88 valence electrons. The van der Waals surface area contributed by atoms with E-state index >= 15 is 0 Å². The van der Waals surface area contributed by atoms with E-state index < -0.39 is 5.31 Å². The second-order valence-electron chi connectivity index (χ2n) is 5.10. The van der Waals surface area contributed by atoms with E-state index in [1.807, 2.05) is 0 Å². The van der Waals surface area contributed by atoms with E-state index in [-0.39, 0.29) is 0 Å². The number of rotatable bonds is 5. The Kier molecular flexibility index (Phi) is 5.66. The number of alkyl halides is 1. The fraction of sp³-hybridized carbons (Fsp3) is 1.00. The van der Waals surface area contributed by atoms with Crippen molar-refractivity contribution in [2.24, 2.45) is 0 Å². The summed E-state index contributed by atoms with van der Waals surface area (Å²) in [6, 6.07) is 0. The molecule has 0 radical (unpaired) electrons. The minimum absolute atomic E-state index is 0.763. The second kappa shape index (κ2) is 5.15. The average molecular weight is 348 g/mol. The molecule has 0 fully saturated rings. The van der Waals surface area contributed by atoms with Crippen LogP contribution in [0.5, 0.6) is 0 Å². The van der Waals surface area contributed by atoms with Crippen molar-refractivity contribution in [3.05, 3.63) is 0 Å². The summed E-state index contributed by atoms with van der Waals surface area (Å²) in [5.74, 6) is 0. The van der Waals surface area contributed by atoms with Crippen molar-refractivity contribution in [2.75, 3.05) is 11.5 Å². The van der Waals surface area contributed by atoms with Crippen LogP contribution in [0.25, 0.3) is 0 Å². The Labute approximate surface area is 106 Å². The molecule has 0 atom stereocenters. The number of hydrogen-bond donors (Lipinski definition) is 0. The molecule has 0 bridgehead atoms. The summed E-state index contributed by atoms with van der Waals surface area (Å²) in [4.78, 5) is 0. The van der Waals surface area contributed by atoms with Crippen molar-refractivity contribution in [3.63, 3.8) is 0 Å². The van der Waals surface area contributed by atoms with E-state index in [2.05, 4.69) is 73.0 Å². The fourth-order valence-electron chi connectivity index (χ4n) is 2.74. The Morgan fingerprint density at radius 2 is 1.14 bits per heavy atom. The van der Waals surface area contributed by atoms with Crippen LogP contribution < -0.4 is 0 Å². The zero-order valence-electron chi connectivity index (χ0n) is 10.3. The molecular formula is C11H25Br2P. The van der Waals surface area contributed by atoms with E-state index in [0.717, 1.165) is 22.3 Å². The van der Waals surface area contributed by atoms with Crippen LogP contribution in [0, 0.1) is 0 Å². The Bertz CT molecular complexity index is 163. The van der Waals surface area contributed by atoms with Crippen molar-refractivity contribution in [1.82, 2.24) is 0 Å². The summed E-state index contributed by atoms with van der Waals surface area (Å²) in [5, 5.41) is -0.627. The molecule has 0 aliphatic carbocycles. The molecule has 0 unspecified atom stereocenters. The van der Waals surface area contributed by atoms with Gasteiger partial charge in [0.1, 0.15) is 0 Å². The minimum atomic E-state index is -1.74. The molecule has 0 aliphatic rings. The van der Waals surface area contributed by atoms with Crippen molar-refractivity contribution in [1.29, 1.82) is 0 Å². The Balaban J connectivity index is 5.36. The van der Waals surface area contributed by atoms with Gasteiger partial charge in [-0.2, -0.15) is 0 Å². The van der Waals surface area contributed by atoms with Gasteiger partial charge >= 0.3 is 107 Å². The summed E-state index contributed by atoms with van der Waals surface area (Å²) < 4.78 is 0. The van der Waals surface area contributed by atoms with Crippen LogP contribution in [0.15, 0.2) is 0 Å². The SMILES string of the molecule is CC(C)P(Br)(CCBr)(C(C)C)C(C)C. The van der Waals surface area contributed by atoms with Crippen LogP contribution in [0.1, 0.15) is 41.5 Å². The third-order valence-corrected chi connectivity index (χ3v) is 21.6. The number of hydrogen-bond acceptors (Lipinski definition) is 0. The van der Waals surface area contributed by atoms with E-state index in [0.29, 0.717) is 0 Å². The summed E-state index contributed by atoms with van der Waals surface area (Å²) in [6.45, 7) is 14.3. The van der Waals surface area contributed by atoms with E-state index in [1.165, 1.54) is 6.16 Å². The van der Waals surface area contributed by atoms with Crippen molar-refractivity contribution < 1.29 is 0 Å². The molecule has 0 aromatic rings. The van der Waals surface area contributed by atoms with Crippen LogP contribution in [0.3, 0.4) is 0 Å². The molecule has 0 aliphatic heterocycles. The normalized spacial score (nSPS) is 16.4. The Hall–Kier alpha value is 1.39. The van der Waals surface area contributed by atoms with Gasteiger partial charge in [0.05, 0.1) is 0 Å². The van der Waals surface area contributed by atoms with Crippen LogP contribution in [-0.4, -0.2) is 28.5 Å². The van der Waals surface area contributed by atoms with E-state index in [4.69, 9.17) is 0 Å². The van der Waals surface area contributed by atoms with Gasteiger partial charge in [-0.25, -0.2) is 0 Å². The van der Waals surface area contributed by atoms with E-state index in [1.54, 1.807) is 0 Å². The molecule has 0 saturated heterocycles. The van der Waals surface area contributed by atoms with Gasteiger partial charge in [0.2, 0.25) is 0 Å². The van der Waals surface area contributed by atoms with Gasteiger partial charge in [-0.1, -0.05) is 0 Å². The predicted octanol–water partition coefficient (Wildman–Crippen LogP) is 5.47. The quantitative estimate of drug-likeness (QED) is 0.457. The first-order chi connectivity index (χ1) is 6.21. The molecule has 0 aromatic carbocycles. The molecule has 0 N–H and O–H groups in total. The molecular weight excluding hydrogens is 323 g/mol. The zero-order chi connectivity index (χ0) is 11.6. The van der Waals surface area contributed by atoms with Crippen molar-refractivity contribution in [2.45, 2.75) is 58.5 Å². The van der Waals surface area contributed by atoms with Gasteiger partial charge in [0.25, 0.3) is 0 Å².